The molecule has 1 aromatic carbocycles. The van der Waals surface area contributed by atoms with E-state index in [4.69, 9.17) is 17.2 Å². The van der Waals surface area contributed by atoms with Crippen LogP contribution in [0.2, 0.25) is 0 Å². The highest BCUT2D eigenvalue weighted by Crippen LogP contribution is 2.27. The Morgan fingerprint density at radius 3 is 2.62 bits per heavy atom. The Morgan fingerprint density at radius 2 is 1.92 bits per heavy atom. The summed E-state index contributed by atoms with van der Waals surface area (Å²) in [5.41, 5.74) is 2.24. The first kappa shape index (κ1) is 19.1. The largest absolute Gasteiger partial charge is 0.362 e. The minimum absolute atomic E-state index is 0.891. The van der Waals surface area contributed by atoms with Crippen LogP contribution < -0.4 is 15.1 Å². The van der Waals surface area contributed by atoms with Crippen LogP contribution in [-0.4, -0.2) is 68.4 Å². The number of hydrogen-bond donors (Lipinski definition) is 2. The maximum absolute atomic E-state index is 5.55. The number of thiazole rings is 1. The lowest BCUT2D eigenvalue weighted by Gasteiger charge is -2.36. The Balaban J connectivity index is 1.46. The average molecular weight is 391 g/mol. The van der Waals surface area contributed by atoms with E-state index in [1.54, 1.807) is 11.3 Å². The molecule has 0 radical (unpaired) electrons. The molecule has 0 saturated carbocycles. The van der Waals surface area contributed by atoms with E-state index in [0.717, 1.165) is 61.6 Å². The van der Waals surface area contributed by atoms with Crippen LogP contribution in [-0.2, 0) is 0 Å². The van der Waals surface area contributed by atoms with Crippen molar-refractivity contribution < 1.29 is 4.90 Å². The molecule has 0 bridgehead atoms. The Kier molecular flexibility index (Phi) is 6.82. The molecule has 2 heterocycles. The molecule has 0 amide bonds. The van der Waals surface area contributed by atoms with E-state index in [0.29, 0.717) is 0 Å². The van der Waals surface area contributed by atoms with Crippen molar-refractivity contribution in [1.29, 1.82) is 0 Å². The highest BCUT2D eigenvalue weighted by atomic mass is 32.1. The maximum Gasteiger partial charge on any atom is 0.185 e. The summed E-state index contributed by atoms with van der Waals surface area (Å²) in [6.07, 6.45) is 1.14. The zero-order valence-electron chi connectivity index (χ0n) is 15.6. The van der Waals surface area contributed by atoms with Gasteiger partial charge in [0.25, 0.3) is 0 Å². The quantitative estimate of drug-likeness (QED) is 0.575. The lowest BCUT2D eigenvalue weighted by atomic mass is 10.2. The van der Waals surface area contributed by atoms with E-state index in [1.807, 2.05) is 6.07 Å². The summed E-state index contributed by atoms with van der Waals surface area (Å²) in [7, 11) is 4.36. The van der Waals surface area contributed by atoms with Crippen molar-refractivity contribution in [3.63, 3.8) is 0 Å². The second-order valence-electron chi connectivity index (χ2n) is 6.90. The van der Waals surface area contributed by atoms with Gasteiger partial charge in [-0.1, -0.05) is 30.3 Å². The molecule has 7 heteroatoms. The molecule has 26 heavy (non-hydrogen) atoms. The van der Waals surface area contributed by atoms with Crippen LogP contribution in [0.3, 0.4) is 0 Å². The van der Waals surface area contributed by atoms with Gasteiger partial charge in [0.1, 0.15) is 0 Å². The van der Waals surface area contributed by atoms with Crippen molar-refractivity contribution in [1.82, 2.24) is 15.2 Å². The summed E-state index contributed by atoms with van der Waals surface area (Å²) >= 11 is 7.28. The summed E-state index contributed by atoms with van der Waals surface area (Å²) in [5.74, 6) is 0. The van der Waals surface area contributed by atoms with Gasteiger partial charge >= 0.3 is 0 Å². The highest BCUT2D eigenvalue weighted by Gasteiger charge is 2.21. The Hall–Kier alpha value is -1.70. The predicted molar refractivity (Wildman–Crippen MR) is 114 cm³/mol. The van der Waals surface area contributed by atoms with Crippen LogP contribution >= 0.6 is 23.6 Å². The molecule has 1 aromatic heterocycles. The molecule has 0 spiro atoms. The Bertz CT molecular complexity index is 693. The molecule has 2 N–H and O–H groups in total. The molecule has 0 unspecified atom stereocenters. The van der Waals surface area contributed by atoms with Crippen molar-refractivity contribution >= 4 is 33.8 Å². The fourth-order valence-electron chi connectivity index (χ4n) is 3.00. The number of benzene rings is 1. The normalized spacial score (nSPS) is 14.7. The van der Waals surface area contributed by atoms with Gasteiger partial charge in [-0.25, -0.2) is 4.98 Å². The second-order valence-corrected chi connectivity index (χ2v) is 8.12. The molecule has 0 aliphatic carbocycles. The zero-order valence-corrected chi connectivity index (χ0v) is 17.2. The SMILES string of the molecule is C[NH+](C)CCCNC(=S)N1CCN(c2nc(-c3ccccc3)cs2)CC1. The smallest absolute Gasteiger partial charge is 0.185 e. The first-order valence-electron chi connectivity index (χ1n) is 9.21. The molecule has 1 aliphatic rings. The monoisotopic (exact) mass is 390 g/mol. The lowest BCUT2D eigenvalue weighted by Crippen LogP contribution is -3.05. The second kappa shape index (κ2) is 9.30. The first-order chi connectivity index (χ1) is 12.6. The maximum atomic E-state index is 5.55. The number of nitrogens with one attached hydrogen (secondary N) is 2. The predicted octanol–water partition coefficient (Wildman–Crippen LogP) is 1.34. The number of hydrogen-bond acceptors (Lipinski definition) is 4. The zero-order chi connectivity index (χ0) is 18.4. The van der Waals surface area contributed by atoms with Gasteiger partial charge in [-0.15, -0.1) is 11.3 Å². The Labute approximate surface area is 165 Å². The number of thiocarbonyl (C=S) groups is 1. The third kappa shape index (κ3) is 5.16. The van der Waals surface area contributed by atoms with Crippen LogP contribution in [0.4, 0.5) is 5.13 Å². The van der Waals surface area contributed by atoms with Gasteiger partial charge in [-0.05, 0) is 12.2 Å². The molecular formula is C19H28N5S2+. The van der Waals surface area contributed by atoms with Gasteiger partial charge in [0.15, 0.2) is 10.2 Å². The number of nitrogens with zero attached hydrogens (tertiary/aromatic N) is 3. The average Bonchev–Trinajstić information content (AvgIpc) is 3.16. The molecule has 1 aliphatic heterocycles. The number of quaternary nitrogens is 1. The van der Waals surface area contributed by atoms with Gasteiger partial charge < -0.3 is 20.0 Å². The van der Waals surface area contributed by atoms with Crippen LogP contribution in [0.25, 0.3) is 11.3 Å². The van der Waals surface area contributed by atoms with Crippen LogP contribution in [0.15, 0.2) is 35.7 Å². The van der Waals surface area contributed by atoms with E-state index in [2.05, 4.69) is 58.9 Å². The molecule has 1 fully saturated rings. The molecular weight excluding hydrogens is 362 g/mol. The minimum atomic E-state index is 0.891. The van der Waals surface area contributed by atoms with Gasteiger partial charge in [0, 0.05) is 50.1 Å². The van der Waals surface area contributed by atoms with E-state index in [9.17, 15) is 0 Å². The highest BCUT2D eigenvalue weighted by molar-refractivity contribution is 7.80. The van der Waals surface area contributed by atoms with Crippen molar-refractivity contribution in [3.05, 3.63) is 35.7 Å². The number of rotatable bonds is 6. The van der Waals surface area contributed by atoms with E-state index in [-0.39, 0.29) is 0 Å². The van der Waals surface area contributed by atoms with Crippen LogP contribution in [0.1, 0.15) is 6.42 Å². The third-order valence-electron chi connectivity index (χ3n) is 4.53. The van der Waals surface area contributed by atoms with Gasteiger partial charge in [0.2, 0.25) is 0 Å². The van der Waals surface area contributed by atoms with Crippen LogP contribution in [0.5, 0.6) is 0 Å². The fraction of sp³-hybridized carbons (Fsp3) is 0.474. The summed E-state index contributed by atoms with van der Waals surface area (Å²) in [6.45, 7) is 5.95. The van der Waals surface area contributed by atoms with Crippen molar-refractivity contribution in [2.75, 3.05) is 58.3 Å². The number of anilines is 1. The topological polar surface area (TPSA) is 35.8 Å². The molecule has 2 aromatic rings. The van der Waals surface area contributed by atoms with Gasteiger partial charge in [0.05, 0.1) is 26.3 Å². The summed E-state index contributed by atoms with van der Waals surface area (Å²) in [4.78, 5) is 10.9. The van der Waals surface area contributed by atoms with Crippen molar-refractivity contribution in [2.24, 2.45) is 0 Å². The molecule has 5 nitrogen and oxygen atoms in total. The van der Waals surface area contributed by atoms with Crippen LogP contribution in [0, 0.1) is 0 Å². The number of piperazine rings is 1. The molecule has 1 saturated heterocycles. The third-order valence-corrected chi connectivity index (χ3v) is 5.83. The summed E-state index contributed by atoms with van der Waals surface area (Å²) in [6, 6.07) is 10.4. The molecule has 3 rings (SSSR count). The van der Waals surface area contributed by atoms with E-state index < -0.39 is 0 Å². The lowest BCUT2D eigenvalue weighted by molar-refractivity contribution is -0.858. The fourth-order valence-corrected chi connectivity index (χ4v) is 4.17. The minimum Gasteiger partial charge on any atom is -0.362 e. The summed E-state index contributed by atoms with van der Waals surface area (Å²) in [5, 5.41) is 7.55. The van der Waals surface area contributed by atoms with Crippen molar-refractivity contribution in [2.45, 2.75) is 6.42 Å². The van der Waals surface area contributed by atoms with Gasteiger partial charge in [-0.2, -0.15) is 0 Å². The van der Waals surface area contributed by atoms with E-state index in [1.165, 1.54) is 10.5 Å². The standard InChI is InChI=1S/C19H27N5S2/c1-22(2)10-6-9-20-18(25)23-11-13-24(14-12-23)19-21-17(15-26-19)16-7-4-3-5-8-16/h3-5,7-8,15H,6,9-14H2,1-2H3,(H,20,25)/p+1. The molecule has 140 valence electrons. The summed E-state index contributed by atoms with van der Waals surface area (Å²) < 4.78 is 0. The Morgan fingerprint density at radius 1 is 1.19 bits per heavy atom. The van der Waals surface area contributed by atoms with E-state index >= 15 is 0 Å². The molecule has 0 atom stereocenters. The van der Waals surface area contributed by atoms with Crippen molar-refractivity contribution in [3.8, 4) is 11.3 Å². The van der Waals surface area contributed by atoms with Gasteiger partial charge in [-0.3, -0.25) is 0 Å². The number of aromatic nitrogens is 1. The first-order valence-corrected chi connectivity index (χ1v) is 10.5.